The van der Waals surface area contributed by atoms with E-state index in [1.807, 2.05) is 36.1 Å². The Morgan fingerprint density at radius 3 is 2.93 bits per heavy atom. The molecule has 14 heavy (non-hydrogen) atoms. The van der Waals surface area contributed by atoms with Gasteiger partial charge in [0.15, 0.2) is 6.29 Å². The highest BCUT2D eigenvalue weighted by Gasteiger charge is 2.13. The number of aromatic nitrogens is 2. The van der Waals surface area contributed by atoms with Crippen LogP contribution in [0, 0.1) is 6.92 Å². The molecule has 2 rings (SSSR count). The van der Waals surface area contributed by atoms with Gasteiger partial charge in [0.05, 0.1) is 4.88 Å². The maximum Gasteiger partial charge on any atom is 0.168 e. The van der Waals surface area contributed by atoms with Gasteiger partial charge in [-0.2, -0.15) is 0 Å². The van der Waals surface area contributed by atoms with Gasteiger partial charge in [0.25, 0.3) is 0 Å². The molecule has 0 amide bonds. The van der Waals surface area contributed by atoms with Crippen LogP contribution in [-0.4, -0.2) is 15.8 Å². The normalized spacial score (nSPS) is 10.4. The van der Waals surface area contributed by atoms with Crippen molar-refractivity contribution in [1.82, 2.24) is 9.55 Å². The van der Waals surface area contributed by atoms with E-state index < -0.39 is 0 Å². The summed E-state index contributed by atoms with van der Waals surface area (Å²) in [6, 6.07) is 3.93. The van der Waals surface area contributed by atoms with E-state index in [9.17, 15) is 4.79 Å². The van der Waals surface area contributed by atoms with Crippen LogP contribution in [0.3, 0.4) is 0 Å². The van der Waals surface area contributed by atoms with Gasteiger partial charge in [-0.05, 0) is 18.4 Å². The number of imidazole rings is 1. The van der Waals surface area contributed by atoms with Crippen molar-refractivity contribution in [3.05, 3.63) is 29.0 Å². The number of hydrogen-bond donors (Lipinski definition) is 0. The maximum absolute atomic E-state index is 10.9. The van der Waals surface area contributed by atoms with Crippen molar-refractivity contribution in [3.63, 3.8) is 0 Å². The fourth-order valence-corrected chi connectivity index (χ4v) is 2.08. The molecule has 4 heteroatoms. The fourth-order valence-electron chi connectivity index (χ4n) is 1.36. The molecule has 0 saturated heterocycles. The van der Waals surface area contributed by atoms with Gasteiger partial charge >= 0.3 is 0 Å². The van der Waals surface area contributed by atoms with Crippen LogP contribution in [0.25, 0.3) is 10.6 Å². The van der Waals surface area contributed by atoms with Gasteiger partial charge in [-0.3, -0.25) is 4.79 Å². The number of thiophene rings is 1. The average molecular weight is 206 g/mol. The van der Waals surface area contributed by atoms with E-state index in [0.29, 0.717) is 5.69 Å². The monoisotopic (exact) mass is 206 g/mol. The number of nitrogens with zero attached hydrogens (tertiary/aromatic N) is 2. The molecular formula is C10H10N2OS. The molecule has 0 atom stereocenters. The Bertz CT molecular complexity index is 457. The van der Waals surface area contributed by atoms with Gasteiger partial charge in [0.1, 0.15) is 17.2 Å². The number of carbonyl (C=O) groups is 1. The van der Waals surface area contributed by atoms with Crippen molar-refractivity contribution < 1.29 is 4.79 Å². The predicted octanol–water partition coefficient (Wildman–Crippen LogP) is 2.27. The summed E-state index contributed by atoms with van der Waals surface area (Å²) in [5.41, 5.74) is 1.43. The largest absolute Gasteiger partial charge is 0.329 e. The van der Waals surface area contributed by atoms with Crippen LogP contribution < -0.4 is 0 Å². The van der Waals surface area contributed by atoms with Crippen molar-refractivity contribution in [2.45, 2.75) is 6.92 Å². The third-order valence-electron chi connectivity index (χ3n) is 2.23. The summed E-state index contributed by atoms with van der Waals surface area (Å²) in [7, 11) is 1.85. The predicted molar refractivity (Wildman–Crippen MR) is 56.6 cm³/mol. The molecule has 0 aliphatic carbocycles. The summed E-state index contributed by atoms with van der Waals surface area (Å²) in [5, 5.41) is 1.98. The first kappa shape index (κ1) is 9.15. The summed E-state index contributed by atoms with van der Waals surface area (Å²) in [4.78, 5) is 16.3. The quantitative estimate of drug-likeness (QED) is 0.706. The van der Waals surface area contributed by atoms with Gasteiger partial charge in [0, 0.05) is 7.05 Å². The van der Waals surface area contributed by atoms with E-state index in [1.165, 1.54) is 0 Å². The molecule has 0 aliphatic heterocycles. The highest BCUT2D eigenvalue weighted by Crippen LogP contribution is 2.26. The number of carbonyl (C=O) groups excluding carboxylic acids is 1. The molecule has 2 aromatic heterocycles. The Morgan fingerprint density at radius 2 is 2.36 bits per heavy atom. The van der Waals surface area contributed by atoms with Gasteiger partial charge < -0.3 is 4.57 Å². The number of aldehydes is 1. The lowest BCUT2D eigenvalue weighted by atomic mass is 10.3. The summed E-state index contributed by atoms with van der Waals surface area (Å²) in [6.07, 6.45) is 0.856. The van der Waals surface area contributed by atoms with Crippen molar-refractivity contribution in [2.24, 2.45) is 7.05 Å². The van der Waals surface area contributed by atoms with Crippen molar-refractivity contribution in [3.8, 4) is 10.6 Å². The first-order chi connectivity index (χ1) is 6.74. The molecule has 3 nitrogen and oxygen atoms in total. The van der Waals surface area contributed by atoms with Crippen molar-refractivity contribution >= 4 is 17.6 Å². The molecule has 2 aromatic rings. The maximum atomic E-state index is 10.9. The van der Waals surface area contributed by atoms with Gasteiger partial charge in [-0.1, -0.05) is 6.07 Å². The first-order valence-corrected chi connectivity index (χ1v) is 5.14. The smallest absolute Gasteiger partial charge is 0.168 e. The highest BCUT2D eigenvalue weighted by molar-refractivity contribution is 7.13. The summed E-state index contributed by atoms with van der Waals surface area (Å²) < 4.78 is 1.81. The highest BCUT2D eigenvalue weighted by atomic mass is 32.1. The second kappa shape index (κ2) is 3.38. The summed E-state index contributed by atoms with van der Waals surface area (Å²) in [5.74, 6) is 0.857. The molecule has 0 N–H and O–H groups in total. The zero-order valence-corrected chi connectivity index (χ0v) is 8.84. The van der Waals surface area contributed by atoms with Crippen LogP contribution in [0.2, 0.25) is 0 Å². The average Bonchev–Trinajstić information content (AvgIpc) is 2.76. The van der Waals surface area contributed by atoms with E-state index in [4.69, 9.17) is 0 Å². The van der Waals surface area contributed by atoms with Crippen LogP contribution in [0.5, 0.6) is 0 Å². The van der Waals surface area contributed by atoms with E-state index in [1.54, 1.807) is 11.3 Å². The zero-order chi connectivity index (χ0) is 10.1. The minimum atomic E-state index is 0.643. The molecule has 2 heterocycles. The number of hydrogen-bond acceptors (Lipinski definition) is 3. The second-order valence-electron chi connectivity index (χ2n) is 3.05. The zero-order valence-electron chi connectivity index (χ0n) is 8.02. The summed E-state index contributed by atoms with van der Waals surface area (Å²) in [6.45, 7) is 1.89. The van der Waals surface area contributed by atoms with Crippen LogP contribution in [0.1, 0.15) is 16.3 Å². The molecule has 0 saturated carbocycles. The number of aryl methyl sites for hydroxylation is 1. The lowest BCUT2D eigenvalue weighted by Gasteiger charge is -1.95. The Balaban J connectivity index is 2.64. The third-order valence-corrected chi connectivity index (χ3v) is 3.11. The second-order valence-corrected chi connectivity index (χ2v) is 3.99. The van der Waals surface area contributed by atoms with E-state index >= 15 is 0 Å². The molecule has 0 radical (unpaired) electrons. The van der Waals surface area contributed by atoms with Gasteiger partial charge in [-0.15, -0.1) is 11.3 Å². The molecule has 0 aliphatic rings. The van der Waals surface area contributed by atoms with E-state index in [0.717, 1.165) is 22.7 Å². The van der Waals surface area contributed by atoms with Crippen LogP contribution >= 0.6 is 11.3 Å². The third kappa shape index (κ3) is 1.28. The number of rotatable bonds is 2. The Morgan fingerprint density at radius 1 is 1.57 bits per heavy atom. The lowest BCUT2D eigenvalue weighted by Crippen LogP contribution is -1.96. The first-order valence-electron chi connectivity index (χ1n) is 4.26. The molecule has 0 unspecified atom stereocenters. The van der Waals surface area contributed by atoms with Crippen LogP contribution in [-0.2, 0) is 7.05 Å². The molecule has 0 fully saturated rings. The Hall–Kier alpha value is -1.42. The van der Waals surface area contributed by atoms with E-state index in [-0.39, 0.29) is 0 Å². The lowest BCUT2D eigenvalue weighted by molar-refractivity contribution is 0.111. The summed E-state index contributed by atoms with van der Waals surface area (Å²) >= 11 is 1.59. The van der Waals surface area contributed by atoms with Gasteiger partial charge in [0.2, 0.25) is 0 Å². The Kier molecular flexibility index (Phi) is 2.21. The van der Waals surface area contributed by atoms with Crippen LogP contribution in [0.4, 0.5) is 0 Å². The minimum Gasteiger partial charge on any atom is -0.329 e. The van der Waals surface area contributed by atoms with Gasteiger partial charge in [-0.25, -0.2) is 4.98 Å². The minimum absolute atomic E-state index is 0.643. The molecule has 0 aromatic carbocycles. The molecular weight excluding hydrogens is 196 g/mol. The Labute approximate surface area is 86.0 Å². The van der Waals surface area contributed by atoms with E-state index in [2.05, 4.69) is 4.98 Å². The standard InChI is InChI=1S/C10H10N2OS/c1-7-11-10(8(6-13)12(7)2)9-4-3-5-14-9/h3-6H,1-2H3. The fraction of sp³-hybridized carbons (Fsp3) is 0.200. The molecule has 72 valence electrons. The SMILES string of the molecule is Cc1nc(-c2cccs2)c(C=O)n1C. The topological polar surface area (TPSA) is 34.9 Å². The van der Waals surface area contributed by atoms with Crippen LogP contribution in [0.15, 0.2) is 17.5 Å². The van der Waals surface area contributed by atoms with Crippen molar-refractivity contribution in [1.29, 1.82) is 0 Å². The van der Waals surface area contributed by atoms with Crippen molar-refractivity contribution in [2.75, 3.05) is 0 Å². The molecule has 0 spiro atoms. The molecule has 0 bridgehead atoms.